The zero-order valence-electron chi connectivity index (χ0n) is 15.2. The third-order valence-corrected chi connectivity index (χ3v) is 6.17. The van der Waals surface area contributed by atoms with Gasteiger partial charge in [0.05, 0.1) is 33.1 Å². The molecule has 8 aromatic rings. The lowest BCUT2D eigenvalue weighted by Crippen LogP contribution is -1.87. The molecule has 8 rings (SSSR count). The molecule has 0 fully saturated rings. The van der Waals surface area contributed by atoms with Gasteiger partial charge in [-0.3, -0.25) is 8.80 Å². The predicted octanol–water partition coefficient (Wildman–Crippen LogP) is 5.29. The van der Waals surface area contributed by atoms with E-state index in [1.165, 1.54) is 16.3 Å². The number of nitrogens with zero attached hydrogens (tertiary/aromatic N) is 5. The molecule has 4 aromatic carbocycles. The van der Waals surface area contributed by atoms with Gasteiger partial charge >= 0.3 is 0 Å². The molecule has 0 unspecified atom stereocenters. The number of para-hydroxylation sites is 3. The Morgan fingerprint density at radius 1 is 0.517 bits per heavy atom. The Hall–Kier alpha value is -4.12. The Morgan fingerprint density at radius 2 is 1.24 bits per heavy atom. The van der Waals surface area contributed by atoms with E-state index in [0.29, 0.717) is 0 Å². The monoisotopic (exact) mass is 371 g/mol. The third kappa shape index (κ3) is 1.45. The zero-order chi connectivity index (χ0) is 18.7. The zero-order valence-corrected chi connectivity index (χ0v) is 15.2. The molecule has 0 aliphatic heterocycles. The normalized spacial score (nSPS) is 12.8. The van der Waals surface area contributed by atoms with Gasteiger partial charge in [-0.05, 0) is 35.7 Å². The van der Waals surface area contributed by atoms with Crippen LogP contribution in [0.3, 0.4) is 0 Å². The molecular formula is C24H13N5. The van der Waals surface area contributed by atoms with E-state index in [2.05, 4.69) is 86.0 Å². The SMILES string of the molecule is c1ccc2c(c1)ccc1c2nc2n1c1cccc3c1n2c1nc2ccccc2n31. The van der Waals surface area contributed by atoms with Crippen LogP contribution in [0.15, 0.2) is 78.9 Å². The van der Waals surface area contributed by atoms with E-state index in [0.717, 1.165) is 44.7 Å². The van der Waals surface area contributed by atoms with E-state index in [4.69, 9.17) is 9.97 Å². The van der Waals surface area contributed by atoms with Crippen LogP contribution in [0.2, 0.25) is 0 Å². The summed E-state index contributed by atoms with van der Waals surface area (Å²) in [5, 5.41) is 2.39. The van der Waals surface area contributed by atoms with Gasteiger partial charge < -0.3 is 0 Å². The Kier molecular flexibility index (Phi) is 2.15. The average molecular weight is 371 g/mol. The number of aromatic nitrogens is 5. The minimum Gasteiger partial charge on any atom is -0.276 e. The van der Waals surface area contributed by atoms with E-state index >= 15 is 0 Å². The maximum atomic E-state index is 5.13. The predicted molar refractivity (Wildman–Crippen MR) is 116 cm³/mol. The van der Waals surface area contributed by atoms with Gasteiger partial charge in [0.1, 0.15) is 5.52 Å². The molecular weight excluding hydrogens is 358 g/mol. The van der Waals surface area contributed by atoms with Gasteiger partial charge in [0.25, 0.3) is 0 Å². The quantitative estimate of drug-likeness (QED) is 0.363. The van der Waals surface area contributed by atoms with Crippen LogP contribution in [-0.2, 0) is 0 Å². The Balaban J connectivity index is 1.73. The van der Waals surface area contributed by atoms with Crippen LogP contribution >= 0.6 is 0 Å². The van der Waals surface area contributed by atoms with Gasteiger partial charge in [-0.2, -0.15) is 0 Å². The number of fused-ring (bicyclic) bond motifs is 12. The summed E-state index contributed by atoms with van der Waals surface area (Å²) in [5.41, 5.74) is 7.76. The fourth-order valence-electron chi connectivity index (χ4n) is 4.99. The summed E-state index contributed by atoms with van der Waals surface area (Å²) in [6.45, 7) is 0. The lowest BCUT2D eigenvalue weighted by Gasteiger charge is -1.99. The Morgan fingerprint density at radius 3 is 2.17 bits per heavy atom. The highest BCUT2D eigenvalue weighted by molar-refractivity contribution is 6.09. The van der Waals surface area contributed by atoms with Crippen molar-refractivity contribution in [2.45, 2.75) is 0 Å². The van der Waals surface area contributed by atoms with Gasteiger partial charge in [-0.25, -0.2) is 14.4 Å². The van der Waals surface area contributed by atoms with Crippen LogP contribution in [-0.4, -0.2) is 23.2 Å². The first-order valence-electron chi connectivity index (χ1n) is 9.72. The summed E-state index contributed by atoms with van der Waals surface area (Å²) in [5.74, 6) is 1.82. The topological polar surface area (TPSA) is 39.0 Å². The maximum Gasteiger partial charge on any atom is 0.223 e. The van der Waals surface area contributed by atoms with Crippen LogP contribution in [0.25, 0.3) is 60.9 Å². The summed E-state index contributed by atoms with van der Waals surface area (Å²) in [6.07, 6.45) is 0. The Labute approximate surface area is 163 Å². The highest BCUT2D eigenvalue weighted by Crippen LogP contribution is 2.35. The fraction of sp³-hybridized carbons (Fsp3) is 0. The molecule has 0 spiro atoms. The molecule has 4 heterocycles. The minimum absolute atomic E-state index is 0.909. The van der Waals surface area contributed by atoms with Crippen molar-refractivity contribution in [3.8, 4) is 0 Å². The van der Waals surface area contributed by atoms with Gasteiger partial charge in [-0.1, -0.05) is 48.5 Å². The molecule has 29 heavy (non-hydrogen) atoms. The van der Waals surface area contributed by atoms with Crippen LogP contribution in [0.1, 0.15) is 0 Å². The summed E-state index contributed by atoms with van der Waals surface area (Å²) in [4.78, 5) is 10.1. The van der Waals surface area contributed by atoms with Crippen molar-refractivity contribution in [3.63, 3.8) is 0 Å². The number of hydrogen-bond donors (Lipinski definition) is 0. The second-order valence-corrected chi connectivity index (χ2v) is 7.62. The van der Waals surface area contributed by atoms with Crippen molar-refractivity contribution >= 4 is 60.9 Å². The molecule has 4 aromatic heterocycles. The summed E-state index contributed by atoms with van der Waals surface area (Å²) >= 11 is 0. The number of imidazole rings is 4. The molecule has 0 bridgehead atoms. The first kappa shape index (κ1) is 14.0. The minimum atomic E-state index is 0.909. The standard InChI is InChI=1S/C24H13N5/c1-2-7-15-14(6-1)12-13-18-21(15)26-24-28(18)20-11-5-10-19-22(20)29(24)23-25-16-8-3-4-9-17(16)27(19)23/h1-13H. The van der Waals surface area contributed by atoms with Gasteiger partial charge in [-0.15, -0.1) is 0 Å². The highest BCUT2D eigenvalue weighted by atomic mass is 15.3. The first-order valence-corrected chi connectivity index (χ1v) is 9.72. The van der Waals surface area contributed by atoms with Crippen molar-refractivity contribution in [1.29, 1.82) is 0 Å². The van der Waals surface area contributed by atoms with Crippen LogP contribution < -0.4 is 0 Å². The van der Waals surface area contributed by atoms with Crippen molar-refractivity contribution in [2.24, 2.45) is 0 Å². The first-order chi connectivity index (χ1) is 14.4. The van der Waals surface area contributed by atoms with E-state index in [-0.39, 0.29) is 0 Å². The summed E-state index contributed by atoms with van der Waals surface area (Å²) in [6, 6.07) is 27.6. The number of rotatable bonds is 0. The molecule has 134 valence electrons. The molecule has 0 aliphatic rings. The second-order valence-electron chi connectivity index (χ2n) is 7.62. The molecule has 0 amide bonds. The Bertz CT molecular complexity index is 1910. The van der Waals surface area contributed by atoms with Gasteiger partial charge in [0.2, 0.25) is 11.6 Å². The fourth-order valence-corrected chi connectivity index (χ4v) is 4.99. The third-order valence-electron chi connectivity index (χ3n) is 6.17. The summed E-state index contributed by atoms with van der Waals surface area (Å²) < 4.78 is 6.72. The molecule has 0 saturated carbocycles. The van der Waals surface area contributed by atoms with E-state index in [1.807, 2.05) is 6.07 Å². The van der Waals surface area contributed by atoms with Crippen molar-refractivity contribution < 1.29 is 0 Å². The molecule has 0 atom stereocenters. The lowest BCUT2D eigenvalue weighted by molar-refractivity contribution is 1.15. The van der Waals surface area contributed by atoms with Crippen molar-refractivity contribution in [1.82, 2.24) is 23.2 Å². The molecule has 0 radical (unpaired) electrons. The molecule has 5 nitrogen and oxygen atoms in total. The highest BCUT2D eigenvalue weighted by Gasteiger charge is 2.23. The summed E-state index contributed by atoms with van der Waals surface area (Å²) in [7, 11) is 0. The number of hydrogen-bond acceptors (Lipinski definition) is 2. The van der Waals surface area contributed by atoms with E-state index < -0.39 is 0 Å². The molecule has 0 saturated heterocycles. The van der Waals surface area contributed by atoms with Crippen molar-refractivity contribution in [3.05, 3.63) is 78.9 Å². The molecule has 5 heteroatoms. The van der Waals surface area contributed by atoms with Gasteiger partial charge in [0, 0.05) is 5.39 Å². The molecule has 0 N–H and O–H groups in total. The largest absolute Gasteiger partial charge is 0.276 e. The van der Waals surface area contributed by atoms with E-state index in [1.54, 1.807) is 0 Å². The lowest BCUT2D eigenvalue weighted by atomic mass is 10.1. The van der Waals surface area contributed by atoms with Gasteiger partial charge in [0.15, 0.2) is 0 Å². The van der Waals surface area contributed by atoms with Crippen LogP contribution in [0, 0.1) is 0 Å². The smallest absolute Gasteiger partial charge is 0.223 e. The van der Waals surface area contributed by atoms with E-state index in [9.17, 15) is 0 Å². The van der Waals surface area contributed by atoms with Crippen LogP contribution in [0.5, 0.6) is 0 Å². The maximum absolute atomic E-state index is 5.13. The average Bonchev–Trinajstić information content (AvgIpc) is 3.47. The second kappa shape index (κ2) is 4.47. The van der Waals surface area contributed by atoms with Crippen LogP contribution in [0.4, 0.5) is 0 Å². The molecule has 0 aliphatic carbocycles. The van der Waals surface area contributed by atoms with Crippen molar-refractivity contribution in [2.75, 3.05) is 0 Å². The number of benzene rings is 4.